The summed E-state index contributed by atoms with van der Waals surface area (Å²) in [5, 5.41) is -0.117. The van der Waals surface area contributed by atoms with Crippen molar-refractivity contribution < 1.29 is 13.9 Å². The van der Waals surface area contributed by atoms with Gasteiger partial charge in [0.1, 0.15) is 5.25 Å². The zero-order chi connectivity index (χ0) is 12.4. The number of rotatable bonds is 9. The van der Waals surface area contributed by atoms with Crippen molar-refractivity contribution in [3.8, 4) is 0 Å². The van der Waals surface area contributed by atoms with Gasteiger partial charge in [-0.1, -0.05) is 19.8 Å². The third-order valence-electron chi connectivity index (χ3n) is 2.03. The molecule has 0 spiro atoms. The highest BCUT2D eigenvalue weighted by atomic mass is 32.2. The summed E-state index contributed by atoms with van der Waals surface area (Å²) in [5.74, 6) is 0.547. The van der Waals surface area contributed by atoms with Crippen LogP contribution in [-0.4, -0.2) is 29.8 Å². The molecule has 0 aliphatic carbocycles. The van der Waals surface area contributed by atoms with E-state index in [2.05, 4.69) is 6.92 Å². The predicted octanol–water partition coefficient (Wildman–Crippen LogP) is 3.59. The number of ether oxygens (including phenoxy) is 1. The second-order valence-electron chi connectivity index (χ2n) is 4.03. The van der Waals surface area contributed by atoms with E-state index in [1.165, 1.54) is 11.8 Å². The average molecular weight is 250 g/mol. The first-order valence-corrected chi connectivity index (χ1v) is 7.04. The number of unbranched alkanes of at least 4 members (excludes halogenated alkanes) is 1. The molecule has 2 nitrogen and oxygen atoms in total. The highest BCUT2D eigenvalue weighted by Crippen LogP contribution is 2.20. The summed E-state index contributed by atoms with van der Waals surface area (Å²) >= 11 is 1.52. The molecule has 0 N–H and O–H groups in total. The highest BCUT2D eigenvalue weighted by molar-refractivity contribution is 8.00. The lowest BCUT2D eigenvalue weighted by atomic mass is 10.2. The van der Waals surface area contributed by atoms with Gasteiger partial charge in [0, 0.05) is 0 Å². The average Bonchev–Trinajstić information content (AvgIpc) is 2.22. The summed E-state index contributed by atoms with van der Waals surface area (Å²) in [7, 11) is 0. The number of esters is 1. The molecule has 0 saturated carbocycles. The zero-order valence-corrected chi connectivity index (χ0v) is 11.3. The number of hydrogen-bond acceptors (Lipinski definition) is 3. The monoisotopic (exact) mass is 250 g/mol. The highest BCUT2D eigenvalue weighted by Gasteiger charge is 2.20. The largest absolute Gasteiger partial charge is 0.462 e. The van der Waals surface area contributed by atoms with Crippen molar-refractivity contribution >= 4 is 17.7 Å². The minimum atomic E-state index is -0.313. The molecule has 1 unspecified atom stereocenters. The molecule has 1 atom stereocenters. The van der Waals surface area contributed by atoms with E-state index in [0.29, 0.717) is 12.2 Å². The smallest absolute Gasteiger partial charge is 0.319 e. The molecule has 0 saturated heterocycles. The number of hydrogen-bond donors (Lipinski definition) is 0. The van der Waals surface area contributed by atoms with Crippen LogP contribution in [0.15, 0.2) is 0 Å². The predicted molar refractivity (Wildman–Crippen MR) is 67.6 cm³/mol. The number of halogens is 1. The van der Waals surface area contributed by atoms with Crippen LogP contribution in [0.1, 0.15) is 46.5 Å². The first-order chi connectivity index (χ1) is 7.61. The van der Waals surface area contributed by atoms with E-state index in [0.717, 1.165) is 19.3 Å². The summed E-state index contributed by atoms with van der Waals surface area (Å²) in [6, 6.07) is 0. The summed E-state index contributed by atoms with van der Waals surface area (Å²) < 4.78 is 17.2. The number of alkyl halides is 1. The Kier molecular flexibility index (Phi) is 9.78. The molecule has 4 heteroatoms. The molecular formula is C12H23FO2S. The Labute approximate surface area is 102 Å². The van der Waals surface area contributed by atoms with Crippen molar-refractivity contribution in [2.75, 3.05) is 12.4 Å². The van der Waals surface area contributed by atoms with Gasteiger partial charge in [0.25, 0.3) is 0 Å². The minimum Gasteiger partial charge on any atom is -0.462 e. The van der Waals surface area contributed by atoms with Gasteiger partial charge in [-0.05, 0) is 32.4 Å². The Balaban J connectivity index is 4.01. The fraction of sp³-hybridized carbons (Fsp3) is 0.917. The van der Waals surface area contributed by atoms with Crippen LogP contribution in [0.5, 0.6) is 0 Å². The third kappa shape index (κ3) is 7.97. The quantitative estimate of drug-likeness (QED) is 0.462. The summed E-state index contributed by atoms with van der Waals surface area (Å²) in [6.07, 6.45) is 3.36. The van der Waals surface area contributed by atoms with Gasteiger partial charge < -0.3 is 4.74 Å². The Morgan fingerprint density at radius 3 is 2.56 bits per heavy atom. The number of carbonyl (C=O) groups is 1. The van der Waals surface area contributed by atoms with Crippen LogP contribution in [0.2, 0.25) is 0 Å². The van der Waals surface area contributed by atoms with Gasteiger partial charge in [-0.25, -0.2) is 0 Å². The lowest BCUT2D eigenvalue weighted by Gasteiger charge is -2.16. The van der Waals surface area contributed by atoms with Crippen molar-refractivity contribution in [1.29, 1.82) is 0 Å². The topological polar surface area (TPSA) is 26.3 Å². The van der Waals surface area contributed by atoms with Gasteiger partial charge in [0.15, 0.2) is 0 Å². The summed E-state index contributed by atoms with van der Waals surface area (Å²) in [5.41, 5.74) is 0. The maximum atomic E-state index is 12.0. The Morgan fingerprint density at radius 2 is 2.06 bits per heavy atom. The van der Waals surface area contributed by atoms with E-state index >= 15 is 0 Å². The molecule has 16 heavy (non-hydrogen) atoms. The fourth-order valence-electron chi connectivity index (χ4n) is 1.25. The van der Waals surface area contributed by atoms with E-state index in [1.54, 1.807) is 0 Å². The molecule has 0 aromatic rings. The third-order valence-corrected chi connectivity index (χ3v) is 3.39. The second kappa shape index (κ2) is 9.94. The van der Waals surface area contributed by atoms with E-state index in [1.807, 2.05) is 13.8 Å². The maximum absolute atomic E-state index is 12.0. The molecule has 0 aliphatic rings. The molecule has 0 heterocycles. The summed E-state index contributed by atoms with van der Waals surface area (Å²) in [4.78, 5) is 11.7. The Morgan fingerprint density at radius 1 is 1.38 bits per heavy atom. The van der Waals surface area contributed by atoms with E-state index in [9.17, 15) is 9.18 Å². The van der Waals surface area contributed by atoms with Crippen molar-refractivity contribution in [3.63, 3.8) is 0 Å². The first kappa shape index (κ1) is 15.8. The molecule has 96 valence electrons. The van der Waals surface area contributed by atoms with Crippen molar-refractivity contribution in [1.82, 2.24) is 0 Å². The van der Waals surface area contributed by atoms with Crippen LogP contribution in [0.3, 0.4) is 0 Å². The molecule has 0 fully saturated rings. The van der Waals surface area contributed by atoms with Crippen LogP contribution in [0, 0.1) is 0 Å². The second-order valence-corrected chi connectivity index (χ2v) is 5.34. The molecular weight excluding hydrogens is 227 g/mol. The zero-order valence-electron chi connectivity index (χ0n) is 10.5. The van der Waals surface area contributed by atoms with Gasteiger partial charge in [0.05, 0.1) is 12.8 Å². The van der Waals surface area contributed by atoms with Crippen molar-refractivity contribution in [2.45, 2.75) is 57.8 Å². The molecule has 0 amide bonds. The minimum absolute atomic E-state index is 0.0709. The van der Waals surface area contributed by atoms with Gasteiger partial charge in [-0.3, -0.25) is 9.18 Å². The molecule has 0 aromatic carbocycles. The van der Waals surface area contributed by atoms with Gasteiger partial charge in [0.2, 0.25) is 0 Å². The fourth-order valence-corrected chi connectivity index (χ4v) is 2.33. The van der Waals surface area contributed by atoms with Gasteiger partial charge in [-0.15, -0.1) is 11.8 Å². The first-order valence-electron chi connectivity index (χ1n) is 5.99. The van der Waals surface area contributed by atoms with Crippen molar-refractivity contribution in [2.24, 2.45) is 0 Å². The molecule has 0 aromatic heterocycles. The van der Waals surface area contributed by atoms with E-state index in [4.69, 9.17) is 4.74 Å². The number of carbonyl (C=O) groups excluding carboxylic acids is 1. The van der Waals surface area contributed by atoms with E-state index in [-0.39, 0.29) is 24.0 Å². The van der Waals surface area contributed by atoms with Crippen LogP contribution in [-0.2, 0) is 9.53 Å². The SMILES string of the molecule is CCCCC(SCCCF)C(=O)OC(C)C. The Bertz CT molecular complexity index is 186. The Hall–Kier alpha value is -0.250. The summed E-state index contributed by atoms with van der Waals surface area (Å²) in [6.45, 7) is 5.48. The molecule has 0 aliphatic heterocycles. The van der Waals surface area contributed by atoms with Gasteiger partial charge in [-0.2, -0.15) is 0 Å². The lowest BCUT2D eigenvalue weighted by Crippen LogP contribution is -2.24. The van der Waals surface area contributed by atoms with E-state index < -0.39 is 0 Å². The van der Waals surface area contributed by atoms with Crippen LogP contribution >= 0.6 is 11.8 Å². The normalized spacial score (nSPS) is 12.8. The van der Waals surface area contributed by atoms with Crippen molar-refractivity contribution in [3.05, 3.63) is 0 Å². The molecule has 0 bridgehead atoms. The van der Waals surface area contributed by atoms with Crippen LogP contribution < -0.4 is 0 Å². The van der Waals surface area contributed by atoms with Gasteiger partial charge >= 0.3 is 5.97 Å². The standard InChI is InChI=1S/C12H23FO2S/c1-4-5-7-11(16-9-6-8-13)12(14)15-10(2)3/h10-11H,4-9H2,1-3H3. The number of thioether (sulfide) groups is 1. The molecule has 0 rings (SSSR count). The van der Waals surface area contributed by atoms with Crippen LogP contribution in [0.4, 0.5) is 4.39 Å². The lowest BCUT2D eigenvalue weighted by molar-refractivity contribution is -0.146. The van der Waals surface area contributed by atoms with Crippen LogP contribution in [0.25, 0.3) is 0 Å². The maximum Gasteiger partial charge on any atom is 0.319 e. The molecule has 0 radical (unpaired) electrons.